The molecule has 1 amide bonds. The van der Waals surface area contributed by atoms with E-state index in [1.165, 1.54) is 0 Å². The number of ether oxygens (including phenoxy) is 2. The summed E-state index contributed by atoms with van der Waals surface area (Å²) in [7, 11) is 0. The van der Waals surface area contributed by atoms with Crippen LogP contribution in [0.2, 0.25) is 0 Å². The molecule has 3 aromatic rings. The summed E-state index contributed by atoms with van der Waals surface area (Å²) >= 11 is 0. The smallest absolute Gasteiger partial charge is 0.410 e. The molecule has 0 saturated carbocycles. The minimum absolute atomic E-state index is 0.0212. The van der Waals surface area contributed by atoms with Crippen LogP contribution in [0, 0.1) is 5.92 Å². The van der Waals surface area contributed by atoms with Crippen LogP contribution in [0.25, 0.3) is 21.9 Å². The van der Waals surface area contributed by atoms with E-state index < -0.39 is 5.60 Å². The second kappa shape index (κ2) is 15.6. The van der Waals surface area contributed by atoms with Crippen molar-refractivity contribution in [1.29, 1.82) is 0 Å². The van der Waals surface area contributed by atoms with Crippen LogP contribution < -0.4 is 10.3 Å². The number of likely N-dealkylation sites (tertiary alicyclic amines) is 2. The summed E-state index contributed by atoms with van der Waals surface area (Å²) in [5.74, 6) is 1.51. The summed E-state index contributed by atoms with van der Waals surface area (Å²) in [5, 5.41) is 1.59. The van der Waals surface area contributed by atoms with Crippen molar-refractivity contribution in [1.82, 2.24) is 19.4 Å². The fourth-order valence-electron chi connectivity index (χ4n) is 6.07. The van der Waals surface area contributed by atoms with E-state index in [0.29, 0.717) is 17.8 Å². The van der Waals surface area contributed by atoms with Gasteiger partial charge in [0.25, 0.3) is 5.56 Å². The number of unbranched alkanes of at least 4 members (excludes halogenated alkanes) is 1. The second-order valence-electron chi connectivity index (χ2n) is 12.9. The zero-order chi connectivity index (χ0) is 31.7. The molecule has 2 fully saturated rings. The molecular weight excluding hydrogens is 552 g/mol. The molecule has 8 nitrogen and oxygen atoms in total. The highest BCUT2D eigenvalue weighted by Crippen LogP contribution is 2.29. The zero-order valence-electron chi connectivity index (χ0n) is 27.7. The Hall–Kier alpha value is -3.39. The van der Waals surface area contributed by atoms with Gasteiger partial charge in [-0.1, -0.05) is 39.3 Å². The molecule has 2 saturated heterocycles. The van der Waals surface area contributed by atoms with Crippen LogP contribution in [-0.2, 0) is 11.3 Å². The summed E-state index contributed by atoms with van der Waals surface area (Å²) < 4.78 is 13.8. The number of amides is 1. The van der Waals surface area contributed by atoms with Gasteiger partial charge in [0.15, 0.2) is 0 Å². The van der Waals surface area contributed by atoms with Crippen molar-refractivity contribution in [2.45, 2.75) is 98.3 Å². The number of benzene rings is 1. The third kappa shape index (κ3) is 8.84. The van der Waals surface area contributed by atoms with Gasteiger partial charge in [-0.2, -0.15) is 0 Å². The zero-order valence-corrected chi connectivity index (χ0v) is 27.7. The van der Waals surface area contributed by atoms with Gasteiger partial charge in [0.05, 0.1) is 5.39 Å². The first kappa shape index (κ1) is 33.5. The molecule has 5 rings (SSSR count). The van der Waals surface area contributed by atoms with Gasteiger partial charge in [-0.15, -0.1) is 0 Å². The maximum Gasteiger partial charge on any atom is 0.410 e. The van der Waals surface area contributed by atoms with Gasteiger partial charge in [0, 0.05) is 63.4 Å². The molecule has 4 heterocycles. The molecule has 2 aromatic heterocycles. The van der Waals surface area contributed by atoms with E-state index in [9.17, 15) is 9.59 Å². The Morgan fingerprint density at radius 3 is 2.27 bits per heavy atom. The molecule has 0 spiro atoms. The summed E-state index contributed by atoms with van der Waals surface area (Å²) in [6.07, 6.45) is 11.5. The van der Waals surface area contributed by atoms with Crippen molar-refractivity contribution in [3.8, 4) is 16.9 Å². The van der Waals surface area contributed by atoms with Crippen molar-refractivity contribution in [3.05, 3.63) is 59.3 Å². The SMILES string of the molecule is CC.CCCCn1cc(-c2ccc(OC3CCN(CC4CCN(C(=O)OC(C)(C)C)CC4)CC3)cc2)c2ccncc2c1=O. The lowest BCUT2D eigenvalue weighted by Gasteiger charge is -2.38. The molecule has 0 aliphatic carbocycles. The number of hydrogen-bond acceptors (Lipinski definition) is 6. The first-order valence-electron chi connectivity index (χ1n) is 16.6. The van der Waals surface area contributed by atoms with Crippen molar-refractivity contribution in [2.75, 3.05) is 32.7 Å². The van der Waals surface area contributed by atoms with E-state index >= 15 is 0 Å². The maximum absolute atomic E-state index is 13.0. The number of rotatable bonds is 8. The molecule has 1 aromatic carbocycles. The number of aryl methyl sites for hydroxylation is 1. The number of pyridine rings is 2. The van der Waals surface area contributed by atoms with Crippen molar-refractivity contribution < 1.29 is 14.3 Å². The molecule has 0 atom stereocenters. The summed E-state index contributed by atoms with van der Waals surface area (Å²) in [6.45, 7) is 17.3. The summed E-state index contributed by atoms with van der Waals surface area (Å²) in [5.41, 5.74) is 1.68. The number of fused-ring (bicyclic) bond motifs is 1. The second-order valence-corrected chi connectivity index (χ2v) is 12.9. The van der Waals surface area contributed by atoms with E-state index in [1.54, 1.807) is 12.4 Å². The van der Waals surface area contributed by atoms with E-state index in [-0.39, 0.29) is 17.8 Å². The minimum atomic E-state index is -0.447. The van der Waals surface area contributed by atoms with Gasteiger partial charge in [-0.3, -0.25) is 9.78 Å². The first-order chi connectivity index (χ1) is 21.2. The van der Waals surface area contributed by atoms with E-state index in [1.807, 2.05) is 56.3 Å². The molecule has 0 radical (unpaired) electrons. The van der Waals surface area contributed by atoms with Gasteiger partial charge in [0.1, 0.15) is 17.5 Å². The topological polar surface area (TPSA) is 76.9 Å². The normalized spacial score (nSPS) is 16.8. The monoisotopic (exact) mass is 604 g/mol. The Bertz CT molecular complexity index is 1400. The van der Waals surface area contributed by atoms with Gasteiger partial charge in [0.2, 0.25) is 0 Å². The van der Waals surface area contributed by atoms with Gasteiger partial charge in [-0.05, 0) is 87.9 Å². The quantitative estimate of drug-likeness (QED) is 0.267. The molecular formula is C36H52N4O4. The van der Waals surface area contributed by atoms with E-state index in [2.05, 4.69) is 41.1 Å². The lowest BCUT2D eigenvalue weighted by Crippen LogP contribution is -2.45. The Balaban J connectivity index is 0.00000216. The summed E-state index contributed by atoms with van der Waals surface area (Å²) in [6, 6.07) is 10.2. The highest BCUT2D eigenvalue weighted by Gasteiger charge is 2.29. The highest BCUT2D eigenvalue weighted by molar-refractivity contribution is 5.95. The van der Waals surface area contributed by atoms with Gasteiger partial charge >= 0.3 is 6.09 Å². The molecule has 2 aliphatic heterocycles. The van der Waals surface area contributed by atoms with Crippen LogP contribution in [0.1, 0.15) is 80.1 Å². The maximum atomic E-state index is 13.0. The molecule has 0 N–H and O–H groups in total. The van der Waals surface area contributed by atoms with Crippen LogP contribution in [0.3, 0.4) is 0 Å². The predicted octanol–water partition coefficient (Wildman–Crippen LogP) is 7.38. The largest absolute Gasteiger partial charge is 0.490 e. The third-order valence-electron chi connectivity index (χ3n) is 8.43. The Morgan fingerprint density at radius 2 is 1.64 bits per heavy atom. The third-order valence-corrected chi connectivity index (χ3v) is 8.43. The van der Waals surface area contributed by atoms with Gasteiger partial charge in [-0.25, -0.2) is 4.79 Å². The molecule has 0 unspecified atom stereocenters. The lowest BCUT2D eigenvalue weighted by atomic mass is 9.95. The number of carbonyl (C=O) groups is 1. The number of hydrogen-bond donors (Lipinski definition) is 0. The molecule has 8 heteroatoms. The number of aromatic nitrogens is 2. The molecule has 0 bridgehead atoms. The Kier molecular flexibility index (Phi) is 11.8. The van der Waals surface area contributed by atoms with Crippen molar-refractivity contribution >= 4 is 16.9 Å². The van der Waals surface area contributed by atoms with Gasteiger partial charge < -0.3 is 23.8 Å². The molecule has 44 heavy (non-hydrogen) atoms. The number of nitrogens with zero attached hydrogens (tertiary/aromatic N) is 4. The number of piperidine rings is 2. The van der Waals surface area contributed by atoms with Crippen LogP contribution in [-0.4, -0.2) is 69.9 Å². The number of carbonyl (C=O) groups excluding carboxylic acids is 1. The van der Waals surface area contributed by atoms with E-state index in [0.717, 1.165) is 93.5 Å². The average molecular weight is 605 g/mol. The van der Waals surface area contributed by atoms with Crippen LogP contribution in [0.15, 0.2) is 53.7 Å². The van der Waals surface area contributed by atoms with Crippen LogP contribution >= 0.6 is 0 Å². The molecule has 2 aliphatic rings. The average Bonchev–Trinajstić information content (AvgIpc) is 3.03. The van der Waals surface area contributed by atoms with Crippen LogP contribution in [0.4, 0.5) is 4.79 Å². The summed E-state index contributed by atoms with van der Waals surface area (Å²) in [4.78, 5) is 34.0. The first-order valence-corrected chi connectivity index (χ1v) is 16.6. The van der Waals surface area contributed by atoms with Crippen molar-refractivity contribution in [3.63, 3.8) is 0 Å². The lowest BCUT2D eigenvalue weighted by molar-refractivity contribution is 0.0156. The van der Waals surface area contributed by atoms with E-state index in [4.69, 9.17) is 9.47 Å². The Labute approximate surface area is 263 Å². The fourth-order valence-corrected chi connectivity index (χ4v) is 6.07. The highest BCUT2D eigenvalue weighted by atomic mass is 16.6. The predicted molar refractivity (Wildman–Crippen MR) is 178 cm³/mol. The van der Waals surface area contributed by atoms with Crippen molar-refractivity contribution in [2.24, 2.45) is 5.92 Å². The standard InChI is InChI=1S/C34H46N4O4.C2H6/c1-5-6-17-38-24-31(29-11-16-35-22-30(29)32(38)39)26-7-9-27(10-8-26)41-28-14-18-36(19-15-28)23-25-12-20-37(21-13-25)33(40)42-34(2,3)4;1-2/h7-11,16,22,24-25,28H,5-6,12-15,17-21,23H2,1-4H3;1-2H3. The Morgan fingerprint density at radius 1 is 0.955 bits per heavy atom. The minimum Gasteiger partial charge on any atom is -0.490 e. The molecule has 240 valence electrons. The van der Waals surface area contributed by atoms with Crippen LogP contribution in [0.5, 0.6) is 5.75 Å². The fraction of sp³-hybridized carbons (Fsp3) is 0.583.